The van der Waals surface area contributed by atoms with E-state index in [1.165, 1.54) is 18.7 Å². The number of carbonyl (C=O) groups is 2. The van der Waals surface area contributed by atoms with E-state index in [9.17, 15) is 9.59 Å². The third-order valence-corrected chi connectivity index (χ3v) is 5.11. The molecule has 0 saturated carbocycles. The van der Waals surface area contributed by atoms with Crippen LogP contribution < -0.4 is 4.90 Å². The summed E-state index contributed by atoms with van der Waals surface area (Å²) < 4.78 is 0.668. The van der Waals surface area contributed by atoms with Crippen molar-refractivity contribution in [3.8, 4) is 0 Å². The lowest BCUT2D eigenvalue weighted by Gasteiger charge is -2.18. The summed E-state index contributed by atoms with van der Waals surface area (Å²) >= 11 is 10.7. The molecule has 1 fully saturated rings. The van der Waals surface area contributed by atoms with Gasteiger partial charge in [-0.1, -0.05) is 23.4 Å². The molecule has 1 atom stereocenters. The molecule has 1 aromatic rings. The number of thioether (sulfide) groups is 1. The van der Waals surface area contributed by atoms with E-state index in [1.54, 1.807) is 17.3 Å². The Morgan fingerprint density at radius 1 is 1.63 bits per heavy atom. The summed E-state index contributed by atoms with van der Waals surface area (Å²) in [7, 11) is 0. The van der Waals surface area contributed by atoms with Gasteiger partial charge in [0, 0.05) is 31.8 Å². The van der Waals surface area contributed by atoms with Gasteiger partial charge in [0.2, 0.25) is 5.91 Å². The molecule has 1 aromatic heterocycles. The number of hydrogen-bond acceptors (Lipinski definition) is 4. The van der Waals surface area contributed by atoms with Crippen LogP contribution >= 0.6 is 39.3 Å². The maximum atomic E-state index is 12.0. The van der Waals surface area contributed by atoms with Gasteiger partial charge in [-0.25, -0.2) is 0 Å². The van der Waals surface area contributed by atoms with Crippen molar-refractivity contribution in [1.29, 1.82) is 0 Å². The molecule has 1 unspecified atom stereocenters. The van der Waals surface area contributed by atoms with E-state index in [2.05, 4.69) is 20.9 Å². The topological polar surface area (TPSA) is 50.3 Å². The Balaban J connectivity index is 2.11. The molecule has 102 valence electrons. The molecule has 0 N–H and O–H groups in total. The Kier molecular flexibility index (Phi) is 4.86. The number of aromatic nitrogens is 1. The van der Waals surface area contributed by atoms with Gasteiger partial charge < -0.3 is 4.90 Å². The fourth-order valence-corrected chi connectivity index (χ4v) is 3.17. The van der Waals surface area contributed by atoms with Gasteiger partial charge in [0.25, 0.3) is 0 Å². The molecule has 0 aromatic carbocycles. The van der Waals surface area contributed by atoms with Gasteiger partial charge in [-0.3, -0.25) is 14.6 Å². The molecule has 1 amide bonds. The maximum absolute atomic E-state index is 12.0. The molecular weight excluding hydrogens is 352 g/mol. The van der Waals surface area contributed by atoms with Crippen molar-refractivity contribution in [3.63, 3.8) is 0 Å². The van der Waals surface area contributed by atoms with Crippen LogP contribution in [0.1, 0.15) is 13.3 Å². The lowest BCUT2D eigenvalue weighted by molar-refractivity contribution is -0.117. The normalized spacial score (nSPS) is 19.0. The second-order valence-corrected chi connectivity index (χ2v) is 6.76. The molecule has 4 nitrogen and oxygen atoms in total. The SMILES string of the molecule is CC(=O)SCC1CC(=O)N(c2cncc(Br)c2Cl)C1. The lowest BCUT2D eigenvalue weighted by atomic mass is 10.1. The zero-order valence-electron chi connectivity index (χ0n) is 10.2. The first-order valence-electron chi connectivity index (χ1n) is 5.71. The first kappa shape index (κ1) is 14.8. The molecule has 2 heterocycles. The Hall–Kier alpha value is -0.590. The highest BCUT2D eigenvalue weighted by Gasteiger charge is 2.32. The predicted molar refractivity (Wildman–Crippen MR) is 80.5 cm³/mol. The molecule has 7 heteroatoms. The molecule has 1 aliphatic rings. The molecule has 0 aliphatic carbocycles. The number of halogens is 2. The number of amides is 1. The van der Waals surface area contributed by atoms with Crippen molar-refractivity contribution < 1.29 is 9.59 Å². The van der Waals surface area contributed by atoms with Crippen molar-refractivity contribution in [2.45, 2.75) is 13.3 Å². The van der Waals surface area contributed by atoms with E-state index in [-0.39, 0.29) is 16.9 Å². The van der Waals surface area contributed by atoms with Gasteiger partial charge in [0.05, 0.1) is 21.4 Å². The Bertz CT molecular complexity index is 526. The van der Waals surface area contributed by atoms with Crippen LogP contribution in [0.5, 0.6) is 0 Å². The molecule has 0 radical (unpaired) electrons. The van der Waals surface area contributed by atoms with Crippen molar-refractivity contribution in [1.82, 2.24) is 4.98 Å². The highest BCUT2D eigenvalue weighted by atomic mass is 79.9. The van der Waals surface area contributed by atoms with Crippen molar-refractivity contribution in [3.05, 3.63) is 21.9 Å². The standard InChI is InChI=1S/C12H12BrClN2O2S/c1-7(17)19-6-8-2-11(18)16(5-8)10-4-15-3-9(13)12(10)14/h3-4,8H,2,5-6H2,1H3. The molecule has 1 aliphatic heterocycles. The fraction of sp³-hybridized carbons (Fsp3) is 0.417. The minimum absolute atomic E-state index is 0.0240. The van der Waals surface area contributed by atoms with Gasteiger partial charge in [0.15, 0.2) is 5.12 Å². The van der Waals surface area contributed by atoms with Gasteiger partial charge >= 0.3 is 0 Å². The van der Waals surface area contributed by atoms with Crippen LogP contribution in [0.4, 0.5) is 5.69 Å². The van der Waals surface area contributed by atoms with E-state index in [0.29, 0.717) is 33.9 Å². The fourth-order valence-electron chi connectivity index (χ4n) is 1.96. The molecule has 0 spiro atoms. The second-order valence-electron chi connectivity index (χ2n) is 4.33. The van der Waals surface area contributed by atoms with Crippen LogP contribution in [0.25, 0.3) is 0 Å². The van der Waals surface area contributed by atoms with Crippen LogP contribution in [0, 0.1) is 5.92 Å². The molecule has 2 rings (SSSR count). The van der Waals surface area contributed by atoms with Crippen LogP contribution in [0.15, 0.2) is 16.9 Å². The Morgan fingerprint density at radius 2 is 2.37 bits per heavy atom. The number of hydrogen-bond donors (Lipinski definition) is 0. The molecule has 0 bridgehead atoms. The van der Waals surface area contributed by atoms with E-state index >= 15 is 0 Å². The first-order valence-corrected chi connectivity index (χ1v) is 7.87. The largest absolute Gasteiger partial charge is 0.309 e. The van der Waals surface area contributed by atoms with E-state index in [0.717, 1.165) is 0 Å². The number of pyridine rings is 1. The second kappa shape index (κ2) is 6.24. The van der Waals surface area contributed by atoms with Crippen LogP contribution in [-0.2, 0) is 9.59 Å². The average molecular weight is 364 g/mol. The summed E-state index contributed by atoms with van der Waals surface area (Å²) in [5.74, 6) is 0.865. The van der Waals surface area contributed by atoms with Crippen LogP contribution in [0.3, 0.4) is 0 Å². The third-order valence-electron chi connectivity index (χ3n) is 2.84. The summed E-state index contributed by atoms with van der Waals surface area (Å²) in [6, 6.07) is 0. The van der Waals surface area contributed by atoms with E-state index < -0.39 is 0 Å². The van der Waals surface area contributed by atoms with Crippen molar-refractivity contribution in [2.24, 2.45) is 5.92 Å². The Labute approximate surface area is 129 Å². The van der Waals surface area contributed by atoms with Gasteiger partial charge in [0.1, 0.15) is 0 Å². The van der Waals surface area contributed by atoms with E-state index in [4.69, 9.17) is 11.6 Å². The van der Waals surface area contributed by atoms with Crippen LogP contribution in [0.2, 0.25) is 5.02 Å². The number of rotatable bonds is 3. The number of carbonyl (C=O) groups excluding carboxylic acids is 2. The van der Waals surface area contributed by atoms with E-state index in [1.807, 2.05) is 0 Å². The summed E-state index contributed by atoms with van der Waals surface area (Å²) in [5.41, 5.74) is 0.622. The molecular formula is C12H12BrClN2O2S. The zero-order valence-corrected chi connectivity index (χ0v) is 13.4. The van der Waals surface area contributed by atoms with Gasteiger partial charge in [-0.2, -0.15) is 0 Å². The number of anilines is 1. The number of nitrogens with zero attached hydrogens (tertiary/aromatic N) is 2. The van der Waals surface area contributed by atoms with Crippen molar-refractivity contribution >= 4 is 56.0 Å². The Morgan fingerprint density at radius 3 is 3.05 bits per heavy atom. The van der Waals surface area contributed by atoms with Gasteiger partial charge in [-0.05, 0) is 21.8 Å². The monoisotopic (exact) mass is 362 g/mol. The summed E-state index contributed by atoms with van der Waals surface area (Å²) in [5, 5.41) is 0.566. The molecule has 1 saturated heterocycles. The first-order chi connectivity index (χ1) is 8.99. The van der Waals surface area contributed by atoms with Crippen LogP contribution in [-0.4, -0.2) is 28.3 Å². The highest BCUT2D eigenvalue weighted by Crippen LogP contribution is 2.35. The van der Waals surface area contributed by atoms with Crippen molar-refractivity contribution in [2.75, 3.05) is 17.2 Å². The zero-order chi connectivity index (χ0) is 14.0. The third kappa shape index (κ3) is 3.49. The molecule has 19 heavy (non-hydrogen) atoms. The predicted octanol–water partition coefficient (Wildman–Crippen LogP) is 3.13. The smallest absolute Gasteiger partial charge is 0.227 e. The highest BCUT2D eigenvalue weighted by molar-refractivity contribution is 9.10. The quantitative estimate of drug-likeness (QED) is 0.828. The average Bonchev–Trinajstić information content (AvgIpc) is 2.71. The summed E-state index contributed by atoms with van der Waals surface area (Å²) in [6.45, 7) is 2.12. The maximum Gasteiger partial charge on any atom is 0.227 e. The van der Waals surface area contributed by atoms with Gasteiger partial charge in [-0.15, -0.1) is 0 Å². The lowest BCUT2D eigenvalue weighted by Crippen LogP contribution is -2.25. The summed E-state index contributed by atoms with van der Waals surface area (Å²) in [4.78, 5) is 28.7. The minimum Gasteiger partial charge on any atom is -0.309 e. The minimum atomic E-state index is 0.0240. The summed E-state index contributed by atoms with van der Waals surface area (Å²) in [6.07, 6.45) is 3.63.